The molecule has 1 fully saturated rings. The molecule has 0 unspecified atom stereocenters. The number of rotatable bonds is 3. The molecular formula is C13H17N3O3. The van der Waals surface area contributed by atoms with Crippen LogP contribution in [0.5, 0.6) is 0 Å². The van der Waals surface area contributed by atoms with Gasteiger partial charge in [-0.15, -0.1) is 10.2 Å². The highest BCUT2D eigenvalue weighted by Crippen LogP contribution is 2.20. The first-order valence-electron chi connectivity index (χ1n) is 6.44. The summed E-state index contributed by atoms with van der Waals surface area (Å²) in [6, 6.07) is 3.96. The molecule has 0 N–H and O–H groups in total. The van der Waals surface area contributed by atoms with Gasteiger partial charge in [0.1, 0.15) is 0 Å². The maximum atomic E-state index is 5.62. The molecule has 3 rings (SSSR count). The number of morpholine rings is 1. The highest BCUT2D eigenvalue weighted by Gasteiger charge is 2.25. The molecule has 2 aromatic heterocycles. The van der Waals surface area contributed by atoms with Crippen LogP contribution >= 0.6 is 0 Å². The Morgan fingerprint density at radius 2 is 2.26 bits per heavy atom. The molecule has 0 aromatic carbocycles. The third kappa shape index (κ3) is 2.69. The van der Waals surface area contributed by atoms with Crippen LogP contribution in [-0.4, -0.2) is 40.4 Å². The van der Waals surface area contributed by atoms with E-state index in [9.17, 15) is 0 Å². The first-order chi connectivity index (χ1) is 9.22. The van der Waals surface area contributed by atoms with Crippen LogP contribution in [-0.2, 0) is 11.3 Å². The molecule has 0 saturated carbocycles. The summed E-state index contributed by atoms with van der Waals surface area (Å²) in [4.78, 5) is 2.29. The predicted octanol–water partition coefficient (Wildman–Crippen LogP) is 1.94. The first kappa shape index (κ1) is 12.4. The van der Waals surface area contributed by atoms with Gasteiger partial charge >= 0.3 is 0 Å². The minimum atomic E-state index is 0.240. The van der Waals surface area contributed by atoms with Crippen LogP contribution in [0.25, 0.3) is 11.7 Å². The smallest absolute Gasteiger partial charge is 0.283 e. The van der Waals surface area contributed by atoms with E-state index < -0.39 is 0 Å². The Morgan fingerprint density at radius 3 is 3.05 bits per heavy atom. The number of hydrogen-bond donors (Lipinski definition) is 0. The minimum absolute atomic E-state index is 0.240. The second kappa shape index (κ2) is 5.14. The average molecular weight is 263 g/mol. The average Bonchev–Trinajstić information content (AvgIpc) is 3.04. The highest BCUT2D eigenvalue weighted by molar-refractivity contribution is 5.42. The lowest BCUT2D eigenvalue weighted by molar-refractivity contribution is -0.0550. The Labute approximate surface area is 111 Å². The van der Waals surface area contributed by atoms with E-state index >= 15 is 0 Å². The van der Waals surface area contributed by atoms with E-state index in [1.54, 1.807) is 18.4 Å². The summed E-state index contributed by atoms with van der Waals surface area (Å²) >= 11 is 0. The predicted molar refractivity (Wildman–Crippen MR) is 67.3 cm³/mol. The largest absolute Gasteiger partial charge is 0.459 e. The lowest BCUT2D eigenvalue weighted by Gasteiger charge is -2.35. The van der Waals surface area contributed by atoms with Crippen LogP contribution < -0.4 is 0 Å². The van der Waals surface area contributed by atoms with Crippen molar-refractivity contribution in [3.63, 3.8) is 0 Å². The maximum absolute atomic E-state index is 5.62. The Kier molecular flexibility index (Phi) is 3.35. The summed E-state index contributed by atoms with van der Waals surface area (Å²) in [6.45, 7) is 6.46. The normalized spacial score (nSPS) is 24.7. The van der Waals surface area contributed by atoms with Crippen molar-refractivity contribution in [2.75, 3.05) is 13.2 Å². The van der Waals surface area contributed by atoms with Gasteiger partial charge in [0.2, 0.25) is 5.89 Å². The Hall–Kier alpha value is -1.66. The van der Waals surface area contributed by atoms with Gasteiger partial charge in [-0.3, -0.25) is 4.90 Å². The van der Waals surface area contributed by atoms with E-state index in [1.165, 1.54) is 0 Å². The van der Waals surface area contributed by atoms with E-state index in [0.717, 1.165) is 13.2 Å². The van der Waals surface area contributed by atoms with Gasteiger partial charge in [0, 0.05) is 12.6 Å². The highest BCUT2D eigenvalue weighted by atomic mass is 16.5. The molecule has 6 heteroatoms. The minimum Gasteiger partial charge on any atom is -0.459 e. The second-order valence-corrected chi connectivity index (χ2v) is 4.90. The number of nitrogens with zero attached hydrogens (tertiary/aromatic N) is 3. The molecule has 0 spiro atoms. The monoisotopic (exact) mass is 263 g/mol. The van der Waals surface area contributed by atoms with Crippen molar-refractivity contribution in [1.82, 2.24) is 15.1 Å². The molecule has 0 amide bonds. The van der Waals surface area contributed by atoms with Crippen molar-refractivity contribution >= 4 is 0 Å². The van der Waals surface area contributed by atoms with E-state index in [4.69, 9.17) is 13.6 Å². The van der Waals surface area contributed by atoms with Gasteiger partial charge < -0.3 is 13.6 Å². The molecule has 6 nitrogen and oxygen atoms in total. The molecule has 2 atom stereocenters. The third-order valence-electron chi connectivity index (χ3n) is 3.27. The summed E-state index contributed by atoms with van der Waals surface area (Å²) in [5, 5.41) is 8.07. The molecule has 102 valence electrons. The quantitative estimate of drug-likeness (QED) is 0.843. The zero-order valence-electron chi connectivity index (χ0n) is 11.1. The lowest BCUT2D eigenvalue weighted by atomic mass is 10.2. The summed E-state index contributed by atoms with van der Waals surface area (Å²) in [5.41, 5.74) is 0. The van der Waals surface area contributed by atoms with Crippen molar-refractivity contribution in [3.8, 4) is 11.7 Å². The molecule has 0 radical (unpaired) electrons. The molecule has 2 aromatic rings. The SMILES string of the molecule is C[C@@H]1CO[C@@H](C)CN1Cc1nnc(-c2ccco2)o1. The zero-order chi connectivity index (χ0) is 13.2. The fourth-order valence-corrected chi connectivity index (χ4v) is 2.18. The summed E-state index contributed by atoms with van der Waals surface area (Å²) < 4.78 is 16.4. The fourth-order valence-electron chi connectivity index (χ4n) is 2.18. The van der Waals surface area contributed by atoms with Gasteiger partial charge in [-0.2, -0.15) is 0 Å². The molecule has 1 aliphatic rings. The number of hydrogen-bond acceptors (Lipinski definition) is 6. The van der Waals surface area contributed by atoms with Crippen LogP contribution in [0.1, 0.15) is 19.7 Å². The number of furan rings is 1. The summed E-state index contributed by atoms with van der Waals surface area (Å²) in [7, 11) is 0. The van der Waals surface area contributed by atoms with Crippen molar-refractivity contribution in [2.45, 2.75) is 32.5 Å². The number of ether oxygens (including phenoxy) is 1. The van der Waals surface area contributed by atoms with Gasteiger partial charge in [-0.05, 0) is 26.0 Å². The Morgan fingerprint density at radius 1 is 1.37 bits per heavy atom. The topological polar surface area (TPSA) is 64.5 Å². The van der Waals surface area contributed by atoms with Crippen LogP contribution in [0, 0.1) is 0 Å². The molecular weight excluding hydrogens is 246 g/mol. The van der Waals surface area contributed by atoms with E-state index in [-0.39, 0.29) is 6.10 Å². The van der Waals surface area contributed by atoms with Crippen molar-refractivity contribution < 1.29 is 13.6 Å². The molecule has 1 aliphatic heterocycles. The van der Waals surface area contributed by atoms with Crippen molar-refractivity contribution in [1.29, 1.82) is 0 Å². The molecule has 0 aliphatic carbocycles. The van der Waals surface area contributed by atoms with Crippen LogP contribution in [0.15, 0.2) is 27.2 Å². The third-order valence-corrected chi connectivity index (χ3v) is 3.27. The van der Waals surface area contributed by atoms with Crippen LogP contribution in [0.2, 0.25) is 0 Å². The van der Waals surface area contributed by atoms with Crippen molar-refractivity contribution in [3.05, 3.63) is 24.3 Å². The van der Waals surface area contributed by atoms with E-state index in [0.29, 0.717) is 30.1 Å². The number of aromatic nitrogens is 2. The van der Waals surface area contributed by atoms with Crippen molar-refractivity contribution in [2.24, 2.45) is 0 Å². The van der Waals surface area contributed by atoms with Gasteiger partial charge in [0.25, 0.3) is 5.89 Å². The van der Waals surface area contributed by atoms with Gasteiger partial charge in [0.05, 0.1) is 25.5 Å². The lowest BCUT2D eigenvalue weighted by Crippen LogP contribution is -2.46. The maximum Gasteiger partial charge on any atom is 0.283 e. The zero-order valence-corrected chi connectivity index (χ0v) is 11.1. The summed E-state index contributed by atoms with van der Waals surface area (Å²) in [5.74, 6) is 1.63. The Balaban J connectivity index is 1.70. The van der Waals surface area contributed by atoms with Gasteiger partial charge in [-0.25, -0.2) is 0 Å². The summed E-state index contributed by atoms with van der Waals surface area (Å²) in [6.07, 6.45) is 1.83. The molecule has 3 heterocycles. The van der Waals surface area contributed by atoms with E-state index in [1.807, 2.05) is 0 Å². The fraction of sp³-hybridized carbons (Fsp3) is 0.538. The first-order valence-corrected chi connectivity index (χ1v) is 6.44. The van der Waals surface area contributed by atoms with Crippen LogP contribution in [0.3, 0.4) is 0 Å². The molecule has 0 bridgehead atoms. The molecule has 19 heavy (non-hydrogen) atoms. The molecule has 1 saturated heterocycles. The standard InChI is InChI=1S/C13H17N3O3/c1-9-8-18-10(2)6-16(9)7-12-14-15-13(19-12)11-4-3-5-17-11/h3-5,9-10H,6-8H2,1-2H3/t9-,10+/m1/s1. The Bertz CT molecular complexity index is 523. The second-order valence-electron chi connectivity index (χ2n) is 4.90. The van der Waals surface area contributed by atoms with Crippen LogP contribution in [0.4, 0.5) is 0 Å². The van der Waals surface area contributed by atoms with Gasteiger partial charge in [-0.1, -0.05) is 0 Å². The van der Waals surface area contributed by atoms with E-state index in [2.05, 4.69) is 28.9 Å². The van der Waals surface area contributed by atoms with Gasteiger partial charge in [0.15, 0.2) is 5.76 Å².